The summed E-state index contributed by atoms with van der Waals surface area (Å²) >= 11 is 0. The highest BCUT2D eigenvalue weighted by molar-refractivity contribution is 5.91. The van der Waals surface area contributed by atoms with Crippen molar-refractivity contribution < 1.29 is 9.18 Å². The van der Waals surface area contributed by atoms with Gasteiger partial charge in [0.15, 0.2) is 0 Å². The quantitative estimate of drug-likeness (QED) is 0.708. The van der Waals surface area contributed by atoms with Crippen LogP contribution in [0.2, 0.25) is 0 Å². The van der Waals surface area contributed by atoms with E-state index in [1.807, 2.05) is 18.2 Å². The number of aryl methyl sites for hydroxylation is 1. The van der Waals surface area contributed by atoms with Crippen molar-refractivity contribution in [3.05, 3.63) is 70.3 Å². The van der Waals surface area contributed by atoms with Crippen LogP contribution in [0.25, 0.3) is 10.9 Å². The molecule has 0 spiro atoms. The first kappa shape index (κ1) is 18.2. The Balaban J connectivity index is 1.41. The molecule has 2 aromatic carbocycles. The first-order chi connectivity index (χ1) is 13.6. The first-order valence-corrected chi connectivity index (χ1v) is 9.55. The number of amides is 1. The molecule has 1 aromatic heterocycles. The van der Waals surface area contributed by atoms with E-state index in [-0.39, 0.29) is 17.9 Å². The number of aromatic amines is 1. The number of aromatic nitrogens is 1. The number of rotatable bonds is 5. The number of carbonyl (C=O) groups is 1. The molecule has 1 aliphatic heterocycles. The number of anilines is 2. The van der Waals surface area contributed by atoms with Crippen molar-refractivity contribution >= 4 is 28.2 Å². The number of halogens is 1. The number of benzene rings is 2. The van der Waals surface area contributed by atoms with Gasteiger partial charge in [0.25, 0.3) is 5.56 Å². The Hall–Kier alpha value is -3.15. The summed E-state index contributed by atoms with van der Waals surface area (Å²) in [7, 11) is 0. The summed E-state index contributed by atoms with van der Waals surface area (Å²) in [5.41, 5.74) is 2.56. The molecule has 2 heterocycles. The lowest BCUT2D eigenvalue weighted by Gasteiger charge is -2.18. The van der Waals surface area contributed by atoms with E-state index in [1.54, 1.807) is 12.1 Å². The third-order valence-electron chi connectivity index (χ3n) is 5.11. The minimum atomic E-state index is -0.397. The van der Waals surface area contributed by atoms with E-state index >= 15 is 0 Å². The maximum absolute atomic E-state index is 13.3. The normalized spacial score (nSPS) is 13.8. The van der Waals surface area contributed by atoms with Gasteiger partial charge in [-0.3, -0.25) is 9.59 Å². The summed E-state index contributed by atoms with van der Waals surface area (Å²) < 4.78 is 13.3. The lowest BCUT2D eigenvalue weighted by Crippen LogP contribution is -2.19. The zero-order valence-electron chi connectivity index (χ0n) is 15.5. The molecule has 0 aliphatic carbocycles. The Morgan fingerprint density at radius 2 is 1.93 bits per heavy atom. The van der Waals surface area contributed by atoms with Crippen molar-refractivity contribution in [3.8, 4) is 0 Å². The molecule has 4 rings (SSSR count). The van der Waals surface area contributed by atoms with Crippen molar-refractivity contribution in [1.82, 2.24) is 4.98 Å². The summed E-state index contributed by atoms with van der Waals surface area (Å²) in [5.74, 6) is -0.538. The molecule has 1 saturated heterocycles. The molecular formula is C22H22FN3O2. The smallest absolute Gasteiger partial charge is 0.251 e. The molecule has 3 aromatic rings. The molecule has 2 N–H and O–H groups in total. The van der Waals surface area contributed by atoms with E-state index in [9.17, 15) is 14.0 Å². The summed E-state index contributed by atoms with van der Waals surface area (Å²) in [6.45, 7) is 2.10. The van der Waals surface area contributed by atoms with Crippen LogP contribution in [-0.4, -0.2) is 24.0 Å². The number of nitrogens with one attached hydrogen (secondary N) is 2. The fourth-order valence-electron chi connectivity index (χ4n) is 3.63. The minimum absolute atomic E-state index is 0.142. The molecule has 1 amide bonds. The van der Waals surface area contributed by atoms with E-state index in [1.165, 1.54) is 25.0 Å². The van der Waals surface area contributed by atoms with Gasteiger partial charge in [-0.05, 0) is 67.1 Å². The van der Waals surface area contributed by atoms with Gasteiger partial charge >= 0.3 is 0 Å². The first-order valence-electron chi connectivity index (χ1n) is 9.55. The second kappa shape index (κ2) is 7.84. The third-order valence-corrected chi connectivity index (χ3v) is 5.11. The van der Waals surface area contributed by atoms with Gasteiger partial charge in [-0.15, -0.1) is 0 Å². The van der Waals surface area contributed by atoms with Crippen LogP contribution in [0.5, 0.6) is 0 Å². The van der Waals surface area contributed by atoms with Crippen molar-refractivity contribution in [3.63, 3.8) is 0 Å². The van der Waals surface area contributed by atoms with Gasteiger partial charge in [0.2, 0.25) is 5.91 Å². The van der Waals surface area contributed by atoms with Gasteiger partial charge in [-0.25, -0.2) is 4.39 Å². The van der Waals surface area contributed by atoms with Gasteiger partial charge in [0, 0.05) is 36.4 Å². The highest BCUT2D eigenvalue weighted by Crippen LogP contribution is 2.23. The highest BCUT2D eigenvalue weighted by atomic mass is 19.1. The number of hydrogen-bond acceptors (Lipinski definition) is 3. The van der Waals surface area contributed by atoms with E-state index in [0.717, 1.165) is 29.9 Å². The molecule has 0 radical (unpaired) electrons. The van der Waals surface area contributed by atoms with Crippen LogP contribution in [0.4, 0.5) is 15.8 Å². The number of hydrogen-bond donors (Lipinski definition) is 2. The molecule has 144 valence electrons. The monoisotopic (exact) mass is 379 g/mol. The molecule has 0 unspecified atom stereocenters. The Bertz CT molecular complexity index is 1070. The Labute approximate surface area is 162 Å². The maximum atomic E-state index is 13.3. The topological polar surface area (TPSA) is 65.2 Å². The van der Waals surface area contributed by atoms with E-state index in [2.05, 4.69) is 21.3 Å². The van der Waals surface area contributed by atoms with E-state index in [4.69, 9.17) is 0 Å². The molecule has 1 fully saturated rings. The molecule has 0 atom stereocenters. The Morgan fingerprint density at radius 3 is 2.75 bits per heavy atom. The van der Waals surface area contributed by atoms with Crippen molar-refractivity contribution in [1.29, 1.82) is 0 Å². The van der Waals surface area contributed by atoms with E-state index in [0.29, 0.717) is 17.5 Å². The van der Waals surface area contributed by atoms with Crippen LogP contribution < -0.4 is 15.8 Å². The van der Waals surface area contributed by atoms with Crippen molar-refractivity contribution in [2.75, 3.05) is 23.3 Å². The number of H-pyrrole nitrogens is 1. The van der Waals surface area contributed by atoms with Gasteiger partial charge in [-0.1, -0.05) is 6.07 Å². The minimum Gasteiger partial charge on any atom is -0.371 e. The predicted molar refractivity (Wildman–Crippen MR) is 109 cm³/mol. The number of pyridine rings is 1. The third kappa shape index (κ3) is 4.06. The molecule has 0 saturated carbocycles. The lowest BCUT2D eigenvalue weighted by molar-refractivity contribution is -0.116. The lowest BCUT2D eigenvalue weighted by atomic mass is 10.1. The zero-order chi connectivity index (χ0) is 19.5. The summed E-state index contributed by atoms with van der Waals surface area (Å²) in [4.78, 5) is 29.5. The molecule has 28 heavy (non-hydrogen) atoms. The number of fused-ring (bicyclic) bond motifs is 1. The Kier molecular flexibility index (Phi) is 5.10. The van der Waals surface area contributed by atoms with Crippen LogP contribution in [0.15, 0.2) is 53.3 Å². The van der Waals surface area contributed by atoms with Crippen LogP contribution in [0.3, 0.4) is 0 Å². The average Bonchev–Trinajstić information content (AvgIpc) is 3.21. The molecule has 0 bridgehead atoms. The van der Waals surface area contributed by atoms with Gasteiger partial charge in [0.05, 0.1) is 5.52 Å². The van der Waals surface area contributed by atoms with Crippen LogP contribution in [-0.2, 0) is 11.2 Å². The van der Waals surface area contributed by atoms with Crippen LogP contribution in [0.1, 0.15) is 24.8 Å². The van der Waals surface area contributed by atoms with Gasteiger partial charge in [0.1, 0.15) is 5.82 Å². The molecule has 6 heteroatoms. The largest absolute Gasteiger partial charge is 0.371 e. The van der Waals surface area contributed by atoms with Gasteiger partial charge in [-0.2, -0.15) is 0 Å². The zero-order valence-corrected chi connectivity index (χ0v) is 15.5. The fourth-order valence-corrected chi connectivity index (χ4v) is 3.63. The second-order valence-corrected chi connectivity index (χ2v) is 7.15. The summed E-state index contributed by atoms with van der Waals surface area (Å²) in [5, 5.41) is 3.66. The van der Waals surface area contributed by atoms with Gasteiger partial charge < -0.3 is 15.2 Å². The van der Waals surface area contributed by atoms with Crippen LogP contribution in [0, 0.1) is 5.82 Å². The molecule has 1 aliphatic rings. The van der Waals surface area contributed by atoms with Crippen molar-refractivity contribution in [2.24, 2.45) is 0 Å². The second-order valence-electron chi connectivity index (χ2n) is 7.15. The molecule has 5 nitrogen and oxygen atoms in total. The maximum Gasteiger partial charge on any atom is 0.251 e. The SMILES string of the molecule is O=C(CCc1cc2ccc(F)cc2[nH]c1=O)Nc1cccc(N2CCCC2)c1. The Morgan fingerprint density at radius 1 is 1.11 bits per heavy atom. The average molecular weight is 379 g/mol. The predicted octanol–water partition coefficient (Wildman–Crippen LogP) is 3.84. The summed E-state index contributed by atoms with van der Waals surface area (Å²) in [6, 6.07) is 13.8. The fraction of sp³-hybridized carbons (Fsp3) is 0.273. The summed E-state index contributed by atoms with van der Waals surface area (Å²) in [6.07, 6.45) is 2.91. The van der Waals surface area contributed by atoms with Crippen LogP contribution >= 0.6 is 0 Å². The molecular weight excluding hydrogens is 357 g/mol. The van der Waals surface area contributed by atoms with E-state index < -0.39 is 5.82 Å². The highest BCUT2D eigenvalue weighted by Gasteiger charge is 2.13. The number of nitrogens with zero attached hydrogens (tertiary/aromatic N) is 1. The standard InChI is InChI=1S/C22H22FN3O2/c23-17-8-6-15-12-16(22(28)25-20(15)13-17)7-9-21(27)24-18-4-3-5-19(14-18)26-10-1-2-11-26/h3-6,8,12-14H,1-2,7,9-11H2,(H,24,27)(H,25,28). The van der Waals surface area contributed by atoms with Crippen molar-refractivity contribution in [2.45, 2.75) is 25.7 Å². The number of carbonyl (C=O) groups excluding carboxylic acids is 1.